The highest BCUT2D eigenvalue weighted by atomic mass is 16.6. The Hall–Kier alpha value is -3.80. The molecule has 0 aromatic heterocycles. The minimum Gasteiger partial charge on any atom is -0.489 e. The molecule has 1 unspecified atom stereocenters. The highest BCUT2D eigenvalue weighted by molar-refractivity contribution is 5.85. The van der Waals surface area contributed by atoms with E-state index in [4.69, 9.17) is 14.2 Å². The van der Waals surface area contributed by atoms with E-state index in [9.17, 15) is 4.79 Å². The average Bonchev–Trinajstić information content (AvgIpc) is 2.79. The minimum absolute atomic E-state index is 0.144. The lowest BCUT2D eigenvalue weighted by Gasteiger charge is -2.24. The van der Waals surface area contributed by atoms with E-state index >= 15 is 0 Å². The van der Waals surface area contributed by atoms with Crippen molar-refractivity contribution in [2.24, 2.45) is 5.10 Å². The zero-order chi connectivity index (χ0) is 20.8. The number of ether oxygens (including phenoxy) is 3. The summed E-state index contributed by atoms with van der Waals surface area (Å²) in [5.74, 6) is 1.59. The van der Waals surface area contributed by atoms with E-state index in [0.717, 1.165) is 16.9 Å². The van der Waals surface area contributed by atoms with Gasteiger partial charge in [0, 0.05) is 0 Å². The summed E-state index contributed by atoms with van der Waals surface area (Å²) in [5.41, 5.74) is 5.67. The molecule has 0 saturated heterocycles. The molecule has 1 amide bonds. The summed E-state index contributed by atoms with van der Waals surface area (Å²) >= 11 is 0. The quantitative estimate of drug-likeness (QED) is 0.502. The second-order valence-electron chi connectivity index (χ2n) is 6.94. The van der Waals surface area contributed by atoms with Gasteiger partial charge in [-0.3, -0.25) is 4.79 Å². The fourth-order valence-electron chi connectivity index (χ4n) is 2.89. The van der Waals surface area contributed by atoms with Gasteiger partial charge in [-0.05, 0) is 54.4 Å². The van der Waals surface area contributed by atoms with E-state index < -0.39 is 6.10 Å². The van der Waals surface area contributed by atoms with Crippen LogP contribution in [0.3, 0.4) is 0 Å². The third kappa shape index (κ3) is 4.97. The van der Waals surface area contributed by atoms with Crippen molar-refractivity contribution in [1.82, 2.24) is 5.43 Å². The molecule has 0 aliphatic carbocycles. The van der Waals surface area contributed by atoms with E-state index in [-0.39, 0.29) is 12.5 Å². The van der Waals surface area contributed by atoms with Crippen molar-refractivity contribution in [3.05, 3.63) is 89.5 Å². The number of hydrogen-bond acceptors (Lipinski definition) is 5. The summed E-state index contributed by atoms with van der Waals surface area (Å²) in [6.45, 7) is 2.71. The lowest BCUT2D eigenvalue weighted by Crippen LogP contribution is -2.42. The first-order valence-corrected chi connectivity index (χ1v) is 9.67. The number of para-hydroxylation sites is 2. The maximum Gasteiger partial charge on any atom is 0.284 e. The molecule has 0 bridgehead atoms. The van der Waals surface area contributed by atoms with Gasteiger partial charge in [-0.25, -0.2) is 5.43 Å². The summed E-state index contributed by atoms with van der Waals surface area (Å²) in [6, 6.07) is 23.0. The smallest absolute Gasteiger partial charge is 0.284 e. The summed E-state index contributed by atoms with van der Waals surface area (Å²) in [4.78, 5) is 12.2. The molecule has 0 fully saturated rings. The predicted molar refractivity (Wildman–Crippen MR) is 114 cm³/mol. The molecular formula is C24H22N2O4. The van der Waals surface area contributed by atoms with Crippen LogP contribution >= 0.6 is 0 Å². The number of benzene rings is 3. The van der Waals surface area contributed by atoms with Crippen molar-refractivity contribution >= 4 is 12.1 Å². The van der Waals surface area contributed by atoms with Crippen LogP contribution in [0.5, 0.6) is 17.2 Å². The lowest BCUT2D eigenvalue weighted by atomic mass is 10.2. The number of rotatable bonds is 6. The largest absolute Gasteiger partial charge is 0.489 e. The molecule has 3 aromatic carbocycles. The molecule has 1 aliphatic rings. The standard InChI is InChI=1S/C24H22N2O4/c1-17-6-8-19(9-7-17)15-28-20-12-10-18(11-13-20)14-25-26-24(27)23-16-29-21-4-2-3-5-22(21)30-23/h2-14,23H,15-16H2,1H3,(H,26,27)/b25-14+. The number of hydrazone groups is 1. The highest BCUT2D eigenvalue weighted by Crippen LogP contribution is 2.30. The zero-order valence-electron chi connectivity index (χ0n) is 16.6. The molecule has 1 aliphatic heterocycles. The summed E-state index contributed by atoms with van der Waals surface area (Å²) in [5, 5.41) is 4.00. The van der Waals surface area contributed by atoms with E-state index in [1.165, 1.54) is 5.56 Å². The van der Waals surface area contributed by atoms with Gasteiger partial charge in [-0.2, -0.15) is 5.10 Å². The molecule has 1 heterocycles. The molecule has 0 saturated carbocycles. The molecular weight excluding hydrogens is 380 g/mol. The number of carbonyl (C=O) groups excluding carboxylic acids is 1. The SMILES string of the molecule is Cc1ccc(COc2ccc(/C=N/NC(=O)C3COc4ccccc4O3)cc2)cc1. The van der Waals surface area contributed by atoms with E-state index in [0.29, 0.717) is 18.1 Å². The minimum atomic E-state index is -0.741. The molecule has 3 aromatic rings. The van der Waals surface area contributed by atoms with Gasteiger partial charge < -0.3 is 14.2 Å². The van der Waals surface area contributed by atoms with E-state index in [1.54, 1.807) is 18.3 Å². The van der Waals surface area contributed by atoms with Crippen LogP contribution < -0.4 is 19.6 Å². The van der Waals surface area contributed by atoms with Crippen molar-refractivity contribution in [2.45, 2.75) is 19.6 Å². The molecule has 1 atom stereocenters. The Labute approximate surface area is 175 Å². The summed E-state index contributed by atoms with van der Waals surface area (Å²) in [6.07, 6.45) is 0.828. The van der Waals surface area contributed by atoms with Crippen LogP contribution in [0.4, 0.5) is 0 Å². The third-order valence-corrected chi connectivity index (χ3v) is 4.60. The maximum absolute atomic E-state index is 12.2. The average molecular weight is 402 g/mol. The number of nitrogens with zero attached hydrogens (tertiary/aromatic N) is 1. The Morgan fingerprint density at radius 1 is 1.07 bits per heavy atom. The fourth-order valence-corrected chi connectivity index (χ4v) is 2.89. The van der Waals surface area contributed by atoms with Gasteiger partial charge in [-0.15, -0.1) is 0 Å². The molecule has 0 spiro atoms. The topological polar surface area (TPSA) is 69.2 Å². The molecule has 1 N–H and O–H groups in total. The third-order valence-electron chi connectivity index (χ3n) is 4.60. The first kappa shape index (κ1) is 19.5. The number of fused-ring (bicyclic) bond motifs is 1. The van der Waals surface area contributed by atoms with Crippen molar-refractivity contribution < 1.29 is 19.0 Å². The maximum atomic E-state index is 12.2. The number of hydrogen-bond donors (Lipinski definition) is 1. The number of carbonyl (C=O) groups is 1. The van der Waals surface area contributed by atoms with E-state index in [1.807, 2.05) is 36.4 Å². The first-order valence-electron chi connectivity index (χ1n) is 9.67. The zero-order valence-corrected chi connectivity index (χ0v) is 16.6. The van der Waals surface area contributed by atoms with Crippen molar-refractivity contribution in [2.75, 3.05) is 6.61 Å². The number of aryl methyl sites for hydroxylation is 1. The second-order valence-corrected chi connectivity index (χ2v) is 6.94. The highest BCUT2D eigenvalue weighted by Gasteiger charge is 2.26. The number of amides is 1. The second kappa shape index (κ2) is 9.13. The van der Waals surface area contributed by atoms with Crippen LogP contribution in [0.1, 0.15) is 16.7 Å². The van der Waals surface area contributed by atoms with Crippen LogP contribution in [0.25, 0.3) is 0 Å². The Bertz CT molecular complexity index is 1030. The molecule has 0 radical (unpaired) electrons. The fraction of sp³-hybridized carbons (Fsp3) is 0.167. The summed E-state index contributed by atoms with van der Waals surface area (Å²) < 4.78 is 17.0. The Morgan fingerprint density at radius 3 is 2.57 bits per heavy atom. The van der Waals surface area contributed by atoms with Gasteiger partial charge in [0.1, 0.15) is 19.0 Å². The molecule has 4 rings (SSSR count). The molecule has 6 nitrogen and oxygen atoms in total. The van der Waals surface area contributed by atoms with Crippen LogP contribution in [-0.4, -0.2) is 24.8 Å². The Morgan fingerprint density at radius 2 is 1.80 bits per heavy atom. The van der Waals surface area contributed by atoms with Crippen LogP contribution in [0.15, 0.2) is 77.9 Å². The molecule has 6 heteroatoms. The van der Waals surface area contributed by atoms with Gasteiger partial charge in [-0.1, -0.05) is 42.0 Å². The van der Waals surface area contributed by atoms with Crippen molar-refractivity contribution in [3.63, 3.8) is 0 Å². The normalized spacial score (nSPS) is 15.0. The van der Waals surface area contributed by atoms with Crippen molar-refractivity contribution in [1.29, 1.82) is 0 Å². The van der Waals surface area contributed by atoms with Gasteiger partial charge in [0.05, 0.1) is 6.21 Å². The van der Waals surface area contributed by atoms with Crippen LogP contribution in [0, 0.1) is 6.92 Å². The predicted octanol–water partition coefficient (Wildman–Crippen LogP) is 3.86. The Kier molecular flexibility index (Phi) is 5.94. The Balaban J connectivity index is 1.26. The van der Waals surface area contributed by atoms with Crippen LogP contribution in [0.2, 0.25) is 0 Å². The van der Waals surface area contributed by atoms with Gasteiger partial charge in [0.15, 0.2) is 11.5 Å². The summed E-state index contributed by atoms with van der Waals surface area (Å²) in [7, 11) is 0. The first-order chi connectivity index (χ1) is 14.7. The van der Waals surface area contributed by atoms with Crippen LogP contribution in [-0.2, 0) is 11.4 Å². The van der Waals surface area contributed by atoms with Gasteiger partial charge >= 0.3 is 0 Å². The van der Waals surface area contributed by atoms with Crippen molar-refractivity contribution in [3.8, 4) is 17.2 Å². The van der Waals surface area contributed by atoms with Gasteiger partial charge in [0.25, 0.3) is 5.91 Å². The van der Waals surface area contributed by atoms with E-state index in [2.05, 4.69) is 41.7 Å². The van der Waals surface area contributed by atoms with Gasteiger partial charge in [0.2, 0.25) is 6.10 Å². The lowest BCUT2D eigenvalue weighted by molar-refractivity contribution is -0.130. The molecule has 152 valence electrons. The monoisotopic (exact) mass is 402 g/mol. The molecule has 30 heavy (non-hydrogen) atoms. The number of nitrogens with one attached hydrogen (secondary N) is 1.